The Kier molecular flexibility index (Phi) is 3.20. The van der Waals surface area contributed by atoms with Gasteiger partial charge in [0.25, 0.3) is 0 Å². The van der Waals surface area contributed by atoms with Gasteiger partial charge in [-0.2, -0.15) is 0 Å². The van der Waals surface area contributed by atoms with Crippen LogP contribution in [-0.2, 0) is 0 Å². The van der Waals surface area contributed by atoms with E-state index in [0.29, 0.717) is 5.92 Å². The lowest BCUT2D eigenvalue weighted by atomic mass is 9.78. The van der Waals surface area contributed by atoms with Gasteiger partial charge in [-0.15, -0.1) is 11.6 Å². The average Bonchev–Trinajstić information content (AvgIpc) is 1.78. The first-order valence-corrected chi connectivity index (χ1v) is 5.02. The van der Waals surface area contributed by atoms with Crippen molar-refractivity contribution in [2.75, 3.05) is 0 Å². The largest absolute Gasteiger partial charge is 0.313 e. The summed E-state index contributed by atoms with van der Waals surface area (Å²) in [5, 5.41) is 0. The van der Waals surface area contributed by atoms with Crippen LogP contribution in [0, 0.1) is 5.92 Å². The van der Waals surface area contributed by atoms with Gasteiger partial charge in [0.2, 0.25) is 0 Å². The maximum absolute atomic E-state index is 6.19. The highest BCUT2D eigenvalue weighted by Crippen LogP contribution is 2.39. The van der Waals surface area contributed by atoms with Crippen molar-refractivity contribution in [3.8, 4) is 0 Å². The molecule has 0 aromatic rings. The third-order valence-electron chi connectivity index (χ3n) is 2.70. The van der Waals surface area contributed by atoms with Crippen molar-refractivity contribution in [1.29, 1.82) is 0 Å². The van der Waals surface area contributed by atoms with E-state index < -0.39 is 0 Å². The minimum absolute atomic E-state index is 0.381. The summed E-state index contributed by atoms with van der Waals surface area (Å²) in [6.07, 6.45) is 7.14. The molecule has 1 unspecified atom stereocenters. The van der Waals surface area contributed by atoms with Crippen LogP contribution in [0.4, 0.5) is 0 Å². The topological polar surface area (TPSA) is 26.0 Å². The van der Waals surface area contributed by atoms with Gasteiger partial charge in [0.1, 0.15) is 0 Å². The van der Waals surface area contributed by atoms with Gasteiger partial charge >= 0.3 is 0 Å². The molecule has 0 amide bonds. The van der Waals surface area contributed by atoms with E-state index in [1.165, 1.54) is 25.7 Å². The molecule has 1 saturated carbocycles. The van der Waals surface area contributed by atoms with Crippen molar-refractivity contribution in [3.63, 3.8) is 0 Å². The first-order valence-electron chi connectivity index (χ1n) is 4.64. The van der Waals surface area contributed by atoms with E-state index in [2.05, 4.69) is 6.92 Å². The molecule has 0 spiro atoms. The minimum atomic E-state index is -0.381. The molecule has 1 aliphatic rings. The Morgan fingerprint density at radius 2 is 2.18 bits per heavy atom. The highest BCUT2D eigenvalue weighted by molar-refractivity contribution is 6.23. The van der Waals surface area contributed by atoms with Gasteiger partial charge in [-0.25, -0.2) is 0 Å². The van der Waals surface area contributed by atoms with Gasteiger partial charge in [0.05, 0.1) is 5.00 Å². The van der Waals surface area contributed by atoms with E-state index in [1.807, 2.05) is 0 Å². The van der Waals surface area contributed by atoms with Gasteiger partial charge in [0.15, 0.2) is 0 Å². The molecular formula is C9H18ClN. The molecule has 11 heavy (non-hydrogen) atoms. The number of alkyl halides is 1. The van der Waals surface area contributed by atoms with Gasteiger partial charge in [0, 0.05) is 0 Å². The molecule has 66 valence electrons. The van der Waals surface area contributed by atoms with Crippen molar-refractivity contribution >= 4 is 11.6 Å². The third kappa shape index (κ3) is 2.34. The van der Waals surface area contributed by atoms with Crippen molar-refractivity contribution in [2.24, 2.45) is 11.7 Å². The van der Waals surface area contributed by atoms with E-state index in [0.717, 1.165) is 12.8 Å². The zero-order valence-corrected chi connectivity index (χ0v) is 8.03. The fourth-order valence-electron chi connectivity index (χ4n) is 1.54. The van der Waals surface area contributed by atoms with Crippen LogP contribution in [0.25, 0.3) is 0 Å². The Balaban J connectivity index is 2.25. The van der Waals surface area contributed by atoms with Crippen LogP contribution < -0.4 is 5.73 Å². The summed E-state index contributed by atoms with van der Waals surface area (Å²) in [5.41, 5.74) is 5.97. The Morgan fingerprint density at radius 3 is 2.55 bits per heavy atom. The van der Waals surface area contributed by atoms with Crippen molar-refractivity contribution in [2.45, 2.75) is 50.4 Å². The fourth-order valence-corrected chi connectivity index (χ4v) is 1.89. The molecule has 0 radical (unpaired) electrons. The monoisotopic (exact) mass is 175 g/mol. The van der Waals surface area contributed by atoms with Crippen LogP contribution >= 0.6 is 11.6 Å². The van der Waals surface area contributed by atoms with Gasteiger partial charge in [-0.1, -0.05) is 26.2 Å². The molecule has 1 aliphatic carbocycles. The standard InChI is InChI=1S/C9H18ClN/c1-2-3-7-9(10,11)8-5-4-6-8/h8H,2-7,11H2,1H3. The van der Waals surface area contributed by atoms with Crippen LogP contribution in [0.15, 0.2) is 0 Å². The normalized spacial score (nSPS) is 24.3. The van der Waals surface area contributed by atoms with Gasteiger partial charge in [-0.05, 0) is 25.2 Å². The smallest absolute Gasteiger partial charge is 0.0939 e. The quantitative estimate of drug-likeness (QED) is 0.516. The number of hydrogen-bond acceptors (Lipinski definition) is 1. The van der Waals surface area contributed by atoms with Crippen LogP contribution in [0.5, 0.6) is 0 Å². The summed E-state index contributed by atoms with van der Waals surface area (Å²) in [6.45, 7) is 2.17. The molecular weight excluding hydrogens is 158 g/mol. The Bertz CT molecular complexity index is 119. The number of rotatable bonds is 4. The zero-order valence-electron chi connectivity index (χ0n) is 7.28. The zero-order chi connectivity index (χ0) is 8.32. The maximum Gasteiger partial charge on any atom is 0.0939 e. The van der Waals surface area contributed by atoms with E-state index in [1.54, 1.807) is 0 Å². The van der Waals surface area contributed by atoms with Crippen LogP contribution in [0.1, 0.15) is 45.4 Å². The fraction of sp³-hybridized carbons (Fsp3) is 1.00. The summed E-state index contributed by atoms with van der Waals surface area (Å²) < 4.78 is 0. The SMILES string of the molecule is CCCCC(N)(Cl)C1CCC1. The molecule has 2 heteroatoms. The lowest BCUT2D eigenvalue weighted by Crippen LogP contribution is -2.44. The molecule has 0 aromatic heterocycles. The minimum Gasteiger partial charge on any atom is -0.313 e. The molecule has 0 aliphatic heterocycles. The molecule has 0 aromatic carbocycles. The summed E-state index contributed by atoms with van der Waals surface area (Å²) >= 11 is 6.19. The molecule has 0 saturated heterocycles. The molecule has 1 rings (SSSR count). The highest BCUT2D eigenvalue weighted by Gasteiger charge is 2.35. The number of nitrogens with two attached hydrogens (primary N) is 1. The van der Waals surface area contributed by atoms with E-state index >= 15 is 0 Å². The Morgan fingerprint density at radius 1 is 1.55 bits per heavy atom. The number of halogens is 1. The summed E-state index contributed by atoms with van der Waals surface area (Å²) in [6, 6.07) is 0. The van der Waals surface area contributed by atoms with Gasteiger partial charge < -0.3 is 5.73 Å². The average molecular weight is 176 g/mol. The van der Waals surface area contributed by atoms with E-state index in [4.69, 9.17) is 17.3 Å². The Hall–Kier alpha value is 0.250. The highest BCUT2D eigenvalue weighted by atomic mass is 35.5. The maximum atomic E-state index is 6.19. The second kappa shape index (κ2) is 3.77. The summed E-state index contributed by atoms with van der Waals surface area (Å²) in [4.78, 5) is -0.381. The van der Waals surface area contributed by atoms with E-state index in [-0.39, 0.29) is 5.00 Å². The number of unbranched alkanes of at least 4 members (excludes halogenated alkanes) is 1. The van der Waals surface area contributed by atoms with Crippen LogP contribution in [0.2, 0.25) is 0 Å². The second-order valence-electron chi connectivity index (χ2n) is 3.66. The molecule has 0 heterocycles. The summed E-state index contributed by atoms with van der Waals surface area (Å²) in [5.74, 6) is 0.593. The van der Waals surface area contributed by atoms with Crippen molar-refractivity contribution < 1.29 is 0 Å². The van der Waals surface area contributed by atoms with Gasteiger partial charge in [-0.3, -0.25) is 0 Å². The second-order valence-corrected chi connectivity index (χ2v) is 4.36. The first-order chi connectivity index (χ1) is 5.17. The lowest BCUT2D eigenvalue weighted by molar-refractivity contribution is 0.220. The predicted molar refractivity (Wildman–Crippen MR) is 49.6 cm³/mol. The summed E-state index contributed by atoms with van der Waals surface area (Å²) in [7, 11) is 0. The van der Waals surface area contributed by atoms with Crippen molar-refractivity contribution in [1.82, 2.24) is 0 Å². The molecule has 2 N–H and O–H groups in total. The van der Waals surface area contributed by atoms with Crippen molar-refractivity contribution in [3.05, 3.63) is 0 Å². The Labute approximate surface area is 74.3 Å². The predicted octanol–water partition coefficient (Wildman–Crippen LogP) is 2.87. The molecule has 0 bridgehead atoms. The lowest BCUT2D eigenvalue weighted by Gasteiger charge is -2.38. The molecule has 1 nitrogen and oxygen atoms in total. The molecule has 1 fully saturated rings. The van der Waals surface area contributed by atoms with E-state index in [9.17, 15) is 0 Å². The van der Waals surface area contributed by atoms with Crippen LogP contribution in [0.3, 0.4) is 0 Å². The van der Waals surface area contributed by atoms with Crippen LogP contribution in [-0.4, -0.2) is 5.00 Å². The molecule has 1 atom stereocenters. The third-order valence-corrected chi connectivity index (χ3v) is 3.19. The number of hydrogen-bond donors (Lipinski definition) is 1. The first kappa shape index (κ1) is 9.34.